The number of fused-ring (bicyclic) bond motifs is 3. The molecular weight excluding hydrogens is 840 g/mol. The largest absolute Gasteiger partial charge is 0.507 e. The third-order valence-electron chi connectivity index (χ3n) is 12.5. The fourth-order valence-corrected chi connectivity index (χ4v) is 9.04. The minimum Gasteiger partial charge on any atom is -0.507 e. The van der Waals surface area contributed by atoms with Gasteiger partial charge in [-0.3, -0.25) is 24.5 Å². The molecule has 1 saturated heterocycles. The lowest BCUT2D eigenvalue weighted by atomic mass is 9.72. The van der Waals surface area contributed by atoms with Gasteiger partial charge in [0.1, 0.15) is 48.0 Å². The van der Waals surface area contributed by atoms with E-state index in [0.29, 0.717) is 24.1 Å². The van der Waals surface area contributed by atoms with Gasteiger partial charge in [0, 0.05) is 60.4 Å². The Kier molecular flexibility index (Phi) is 13.1. The zero-order chi connectivity index (χ0) is 46.2. The van der Waals surface area contributed by atoms with Gasteiger partial charge in [0.2, 0.25) is 5.78 Å². The van der Waals surface area contributed by atoms with Crippen LogP contribution in [0.15, 0.2) is 42.5 Å². The van der Waals surface area contributed by atoms with Crippen molar-refractivity contribution in [3.8, 4) is 17.2 Å². The van der Waals surface area contributed by atoms with Crippen LogP contribution in [0.4, 0.5) is 15.3 Å². The summed E-state index contributed by atoms with van der Waals surface area (Å²) in [6, 6.07) is 9.48. The Hall–Kier alpha value is -5.96. The van der Waals surface area contributed by atoms with Crippen LogP contribution in [0.2, 0.25) is 0 Å². The summed E-state index contributed by atoms with van der Waals surface area (Å²) in [4.78, 5) is 78.2. The number of hydrogen-bond donors (Lipinski definition) is 8. The van der Waals surface area contributed by atoms with Crippen LogP contribution >= 0.6 is 0 Å². The van der Waals surface area contributed by atoms with Crippen molar-refractivity contribution in [3.05, 3.63) is 81.4 Å². The maximum Gasteiger partial charge on any atom is 0.411 e. The number of ether oxygens (including phenoxy) is 5. The summed E-state index contributed by atoms with van der Waals surface area (Å²) in [5.41, 5.74) is -4.64. The van der Waals surface area contributed by atoms with Crippen LogP contribution in [0.3, 0.4) is 0 Å². The van der Waals surface area contributed by atoms with E-state index in [1.807, 2.05) is 0 Å². The van der Waals surface area contributed by atoms with Gasteiger partial charge in [-0.05, 0) is 50.5 Å². The minimum absolute atomic E-state index is 0.00404. The quantitative estimate of drug-likeness (QED) is 0.0895. The normalized spacial score (nSPS) is 25.9. The standard InChI is InChI=1S/C45H50N2O17/c1-21-37(51)27(47-43(57)62-20-22-10-12-23(13-11-22)46-42(56)61-15-14-44(2,58)26-7-5-8-28(26)49)16-32(63-21)64-30-18-45(59,31(50)19-48)17-25-34(30)41(55)36-35(39(25)53)38(52)24-6-4-9-29(60-3)33(24)40(36)54/h4,6,9-13,21,26-27,30,32,37,48,51,53,55,58-59H,5,7-8,14-20H2,1-3H3,(H,46,56)(H,47,57)/t21-,26?,27-,30-,32-,37+,44?,45-/m0/s1. The number of phenolic OH excluding ortho intramolecular Hbond substituents is 2. The van der Waals surface area contributed by atoms with Crippen LogP contribution < -0.4 is 15.4 Å². The van der Waals surface area contributed by atoms with Crippen LogP contribution in [-0.4, -0.2) is 122 Å². The molecule has 19 heteroatoms. The number of Topliss-reactive ketones (excluding diaryl/α,β-unsaturated/α-hetero) is 2. The van der Waals surface area contributed by atoms with Crippen molar-refractivity contribution in [2.45, 2.75) is 107 Å². The number of alkyl carbamates (subject to hydrolysis) is 1. The van der Waals surface area contributed by atoms with Gasteiger partial charge in [-0.2, -0.15) is 0 Å². The van der Waals surface area contributed by atoms with Crippen molar-refractivity contribution >= 4 is 41.0 Å². The molecule has 3 aromatic carbocycles. The molecule has 8 atom stereocenters. The summed E-state index contributed by atoms with van der Waals surface area (Å²) in [6.45, 7) is 1.62. The second kappa shape index (κ2) is 18.3. The molecule has 64 heavy (non-hydrogen) atoms. The Morgan fingerprint density at radius 2 is 1.69 bits per heavy atom. The van der Waals surface area contributed by atoms with E-state index >= 15 is 0 Å². The minimum atomic E-state index is -2.38. The maximum atomic E-state index is 14.0. The zero-order valence-electron chi connectivity index (χ0n) is 35.3. The molecule has 1 aliphatic heterocycles. The first-order valence-corrected chi connectivity index (χ1v) is 20.8. The average Bonchev–Trinajstić information content (AvgIpc) is 3.71. The van der Waals surface area contributed by atoms with Gasteiger partial charge in [-0.25, -0.2) is 9.59 Å². The van der Waals surface area contributed by atoms with Crippen molar-refractivity contribution in [3.63, 3.8) is 0 Å². The Morgan fingerprint density at radius 1 is 0.969 bits per heavy atom. The predicted octanol–water partition coefficient (Wildman–Crippen LogP) is 3.03. The van der Waals surface area contributed by atoms with Crippen LogP contribution in [0, 0.1) is 5.92 Å². The number of anilines is 1. The molecule has 1 saturated carbocycles. The Morgan fingerprint density at radius 3 is 2.36 bits per heavy atom. The Labute approximate surface area is 366 Å². The molecular formula is C45H50N2O17. The van der Waals surface area contributed by atoms with Crippen LogP contribution in [0.1, 0.15) is 107 Å². The van der Waals surface area contributed by atoms with Crippen LogP contribution in [0.5, 0.6) is 17.2 Å². The number of aromatic hydroxyl groups is 2. The highest BCUT2D eigenvalue weighted by atomic mass is 16.7. The molecule has 2 fully saturated rings. The SMILES string of the molecule is COc1cccc2c1C(=O)c1c(O)c3c(c(O)c1C2=O)C[C@@](O)(C(=O)CO)C[C@@H]3O[C@H]1C[C@H](NC(=O)OCc2ccc(NC(=O)OCCC(C)(O)C3CCCC3=O)cc2)[C@H](O)[C@H](C)O1. The molecule has 0 bridgehead atoms. The molecule has 342 valence electrons. The molecule has 4 aliphatic rings. The average molecular weight is 891 g/mol. The summed E-state index contributed by atoms with van der Waals surface area (Å²) >= 11 is 0. The van der Waals surface area contributed by atoms with Gasteiger partial charge in [0.15, 0.2) is 17.9 Å². The predicted molar refractivity (Wildman–Crippen MR) is 220 cm³/mol. The van der Waals surface area contributed by atoms with E-state index in [2.05, 4.69) is 10.6 Å². The summed E-state index contributed by atoms with van der Waals surface area (Å²) in [7, 11) is 1.29. The number of phenols is 2. The molecule has 7 rings (SSSR count). The highest BCUT2D eigenvalue weighted by molar-refractivity contribution is 6.31. The topological polar surface area (TPSA) is 294 Å². The lowest BCUT2D eigenvalue weighted by molar-refractivity contribution is -0.249. The molecule has 19 nitrogen and oxygen atoms in total. The molecule has 8 N–H and O–H groups in total. The van der Waals surface area contributed by atoms with E-state index in [4.69, 9.17) is 23.7 Å². The van der Waals surface area contributed by atoms with Gasteiger partial charge in [-0.15, -0.1) is 0 Å². The highest BCUT2D eigenvalue weighted by Gasteiger charge is 2.50. The van der Waals surface area contributed by atoms with E-state index in [0.717, 1.165) is 6.42 Å². The van der Waals surface area contributed by atoms with Crippen molar-refractivity contribution in [2.24, 2.45) is 5.92 Å². The molecule has 3 aliphatic carbocycles. The monoisotopic (exact) mass is 890 g/mol. The second-order valence-electron chi connectivity index (χ2n) is 16.8. The molecule has 2 amide bonds. The zero-order valence-corrected chi connectivity index (χ0v) is 35.3. The first kappa shape index (κ1) is 46.0. The van der Waals surface area contributed by atoms with E-state index in [1.165, 1.54) is 32.2 Å². The molecule has 2 unspecified atom stereocenters. The summed E-state index contributed by atoms with van der Waals surface area (Å²) in [5, 5.41) is 71.6. The van der Waals surface area contributed by atoms with Gasteiger partial charge in [-0.1, -0.05) is 24.3 Å². The number of hydrogen-bond acceptors (Lipinski definition) is 17. The molecule has 1 heterocycles. The van der Waals surface area contributed by atoms with Gasteiger partial charge in [0.25, 0.3) is 0 Å². The molecule has 0 aromatic heterocycles. The molecule has 0 spiro atoms. The van der Waals surface area contributed by atoms with E-state index < -0.39 is 119 Å². The number of nitrogens with one attached hydrogen (secondary N) is 2. The van der Waals surface area contributed by atoms with E-state index in [9.17, 15) is 59.4 Å². The number of carbonyl (C=O) groups excluding carboxylic acids is 6. The second-order valence-corrected chi connectivity index (χ2v) is 16.8. The lowest BCUT2D eigenvalue weighted by Crippen LogP contribution is -2.56. The summed E-state index contributed by atoms with van der Waals surface area (Å²) < 4.78 is 28.0. The van der Waals surface area contributed by atoms with Crippen molar-refractivity contribution in [1.82, 2.24) is 5.32 Å². The highest BCUT2D eigenvalue weighted by Crippen LogP contribution is 2.52. The van der Waals surface area contributed by atoms with Crippen LogP contribution in [0.25, 0.3) is 0 Å². The first-order chi connectivity index (χ1) is 30.4. The van der Waals surface area contributed by atoms with E-state index in [1.54, 1.807) is 31.2 Å². The Bertz CT molecular complexity index is 2360. The van der Waals surface area contributed by atoms with Gasteiger partial charge in [0.05, 0.1) is 54.3 Å². The number of aliphatic hydroxyl groups excluding tert-OH is 2. The lowest BCUT2D eigenvalue weighted by Gasteiger charge is -2.42. The molecule has 0 radical (unpaired) electrons. The Balaban J connectivity index is 1.00. The first-order valence-electron chi connectivity index (χ1n) is 20.8. The number of rotatable bonds is 13. The fourth-order valence-electron chi connectivity index (χ4n) is 9.04. The summed E-state index contributed by atoms with van der Waals surface area (Å²) in [5.74, 6) is -4.71. The number of aliphatic hydroxyl groups is 4. The van der Waals surface area contributed by atoms with Crippen molar-refractivity contribution in [1.29, 1.82) is 0 Å². The smallest absolute Gasteiger partial charge is 0.411 e. The third kappa shape index (κ3) is 8.91. The van der Waals surface area contributed by atoms with Crippen molar-refractivity contribution < 1.29 is 83.1 Å². The number of carbonyl (C=O) groups is 6. The number of benzene rings is 3. The van der Waals surface area contributed by atoms with Crippen LogP contribution in [-0.2, 0) is 41.6 Å². The third-order valence-corrected chi connectivity index (χ3v) is 12.5. The fraction of sp³-hybridized carbons (Fsp3) is 0.467. The van der Waals surface area contributed by atoms with Gasteiger partial charge < -0.3 is 59.6 Å². The number of ketones is 4. The molecule has 3 aromatic rings. The summed E-state index contributed by atoms with van der Waals surface area (Å²) in [6.07, 6.45) is -6.50. The maximum absolute atomic E-state index is 14.0. The number of amides is 2. The van der Waals surface area contributed by atoms with Crippen molar-refractivity contribution in [2.75, 3.05) is 25.6 Å². The van der Waals surface area contributed by atoms with E-state index in [-0.39, 0.29) is 59.8 Å². The number of methoxy groups -OCH3 is 1. The van der Waals surface area contributed by atoms with Gasteiger partial charge >= 0.3 is 12.2 Å².